The molecule has 0 radical (unpaired) electrons. The van der Waals surface area contributed by atoms with Crippen molar-refractivity contribution < 1.29 is 9.59 Å². The van der Waals surface area contributed by atoms with E-state index in [1.165, 1.54) is 0 Å². The van der Waals surface area contributed by atoms with Crippen molar-refractivity contribution in [3.05, 3.63) is 29.6 Å². The van der Waals surface area contributed by atoms with Gasteiger partial charge in [0.25, 0.3) is 0 Å². The van der Waals surface area contributed by atoms with Crippen molar-refractivity contribution in [1.29, 1.82) is 0 Å². The minimum atomic E-state index is -0.412. The van der Waals surface area contributed by atoms with Crippen molar-refractivity contribution in [3.8, 4) is 0 Å². The number of nitrogens with one attached hydrogen (secondary N) is 1. The van der Waals surface area contributed by atoms with E-state index in [0.717, 1.165) is 24.1 Å². The number of carbonyl (C=O) groups is 2. The van der Waals surface area contributed by atoms with Gasteiger partial charge in [-0.15, -0.1) is 0 Å². The number of hydrogen-bond acceptors (Lipinski definition) is 3. The Kier molecular flexibility index (Phi) is 4.94. The number of pyridine rings is 1. The van der Waals surface area contributed by atoms with Crippen molar-refractivity contribution in [1.82, 2.24) is 15.2 Å². The van der Waals surface area contributed by atoms with Crippen LogP contribution in [0.2, 0.25) is 0 Å². The molecule has 114 valence electrons. The summed E-state index contributed by atoms with van der Waals surface area (Å²) in [6.07, 6.45) is 3.45. The third-order valence-electron chi connectivity index (χ3n) is 4.15. The van der Waals surface area contributed by atoms with E-state index in [0.29, 0.717) is 6.54 Å². The van der Waals surface area contributed by atoms with Gasteiger partial charge in [-0.25, -0.2) is 0 Å². The SMILES string of the molecule is CCc1cccnc1CN1CC(=O)NC(C(C)CC)C1=O. The monoisotopic (exact) mass is 289 g/mol. The number of rotatable bonds is 5. The normalized spacial score (nSPS) is 20.3. The Morgan fingerprint density at radius 3 is 2.86 bits per heavy atom. The van der Waals surface area contributed by atoms with Crippen molar-refractivity contribution in [3.63, 3.8) is 0 Å². The maximum Gasteiger partial charge on any atom is 0.246 e. The summed E-state index contributed by atoms with van der Waals surface area (Å²) < 4.78 is 0. The van der Waals surface area contributed by atoms with Gasteiger partial charge in [0.15, 0.2) is 0 Å². The van der Waals surface area contributed by atoms with Crippen LogP contribution < -0.4 is 5.32 Å². The number of hydrogen-bond donors (Lipinski definition) is 1. The summed E-state index contributed by atoms with van der Waals surface area (Å²) in [6, 6.07) is 3.50. The van der Waals surface area contributed by atoms with Gasteiger partial charge in [0, 0.05) is 6.20 Å². The standard InChI is InChI=1S/C16H23N3O2/c1-4-11(3)15-16(21)19(10-14(20)18-15)9-13-12(5-2)7-6-8-17-13/h6-8,11,15H,4-5,9-10H2,1-3H3,(H,18,20). The van der Waals surface area contributed by atoms with Gasteiger partial charge >= 0.3 is 0 Å². The summed E-state index contributed by atoms with van der Waals surface area (Å²) in [5.41, 5.74) is 2.00. The highest BCUT2D eigenvalue weighted by atomic mass is 16.2. The first-order valence-electron chi connectivity index (χ1n) is 7.57. The number of carbonyl (C=O) groups excluding carboxylic acids is 2. The first kappa shape index (κ1) is 15.5. The molecular formula is C16H23N3O2. The molecule has 0 aromatic carbocycles. The Morgan fingerprint density at radius 1 is 1.43 bits per heavy atom. The predicted octanol–water partition coefficient (Wildman–Crippen LogP) is 1.52. The van der Waals surface area contributed by atoms with E-state index in [1.807, 2.05) is 26.0 Å². The fourth-order valence-corrected chi connectivity index (χ4v) is 2.60. The molecule has 2 unspecified atom stereocenters. The molecule has 1 aromatic rings. The molecule has 1 N–H and O–H groups in total. The zero-order chi connectivity index (χ0) is 15.4. The van der Waals surface area contributed by atoms with Gasteiger partial charge in [-0.05, 0) is 24.0 Å². The van der Waals surface area contributed by atoms with Crippen LogP contribution in [-0.2, 0) is 22.6 Å². The summed E-state index contributed by atoms with van der Waals surface area (Å²) in [5.74, 6) is 0.0455. The topological polar surface area (TPSA) is 62.3 Å². The third kappa shape index (κ3) is 3.40. The van der Waals surface area contributed by atoms with Crippen LogP contribution >= 0.6 is 0 Å². The Labute approximate surface area is 125 Å². The summed E-state index contributed by atoms with van der Waals surface area (Å²) in [4.78, 5) is 30.4. The van der Waals surface area contributed by atoms with Crippen LogP contribution in [0.1, 0.15) is 38.4 Å². The lowest BCUT2D eigenvalue weighted by Crippen LogP contribution is -2.59. The molecule has 2 rings (SSSR count). The lowest BCUT2D eigenvalue weighted by molar-refractivity contribution is -0.146. The highest BCUT2D eigenvalue weighted by Gasteiger charge is 2.35. The molecular weight excluding hydrogens is 266 g/mol. The minimum Gasteiger partial charge on any atom is -0.342 e. The highest BCUT2D eigenvalue weighted by Crippen LogP contribution is 2.17. The molecule has 2 heterocycles. The summed E-state index contributed by atoms with van der Waals surface area (Å²) in [6.45, 7) is 6.60. The smallest absolute Gasteiger partial charge is 0.246 e. The Bertz CT molecular complexity index is 530. The molecule has 0 spiro atoms. The first-order valence-corrected chi connectivity index (χ1v) is 7.57. The molecule has 1 aliphatic heterocycles. The van der Waals surface area contributed by atoms with Gasteiger partial charge in [-0.1, -0.05) is 33.3 Å². The largest absolute Gasteiger partial charge is 0.342 e. The molecule has 1 aliphatic rings. The Morgan fingerprint density at radius 2 is 2.19 bits per heavy atom. The molecule has 0 bridgehead atoms. The van der Waals surface area contributed by atoms with Crippen LogP contribution in [0, 0.1) is 5.92 Å². The Balaban J connectivity index is 2.18. The van der Waals surface area contributed by atoms with Crippen LogP contribution in [0.15, 0.2) is 18.3 Å². The lowest BCUT2D eigenvalue weighted by atomic mass is 9.96. The molecule has 1 saturated heterocycles. The van der Waals surface area contributed by atoms with Crippen LogP contribution in [-0.4, -0.2) is 34.3 Å². The van der Waals surface area contributed by atoms with E-state index in [2.05, 4.69) is 17.2 Å². The molecule has 0 aliphatic carbocycles. The molecule has 1 aromatic heterocycles. The van der Waals surface area contributed by atoms with E-state index in [4.69, 9.17) is 0 Å². The number of aryl methyl sites for hydroxylation is 1. The second-order valence-corrected chi connectivity index (χ2v) is 5.59. The zero-order valence-corrected chi connectivity index (χ0v) is 12.9. The van der Waals surface area contributed by atoms with E-state index in [1.54, 1.807) is 11.1 Å². The summed E-state index contributed by atoms with van der Waals surface area (Å²) in [5, 5.41) is 2.81. The fraction of sp³-hybridized carbons (Fsp3) is 0.562. The van der Waals surface area contributed by atoms with E-state index in [-0.39, 0.29) is 24.3 Å². The quantitative estimate of drug-likeness (QED) is 0.894. The summed E-state index contributed by atoms with van der Waals surface area (Å²) in [7, 11) is 0. The van der Waals surface area contributed by atoms with Gasteiger partial charge in [0.05, 0.1) is 12.2 Å². The van der Waals surface area contributed by atoms with Gasteiger partial charge in [-0.3, -0.25) is 14.6 Å². The molecule has 2 atom stereocenters. The third-order valence-corrected chi connectivity index (χ3v) is 4.15. The number of aromatic nitrogens is 1. The maximum atomic E-state index is 12.6. The van der Waals surface area contributed by atoms with Gasteiger partial charge < -0.3 is 10.2 Å². The zero-order valence-electron chi connectivity index (χ0n) is 12.9. The second kappa shape index (κ2) is 6.70. The van der Waals surface area contributed by atoms with Gasteiger partial charge in [0.1, 0.15) is 12.6 Å². The number of amides is 2. The average Bonchev–Trinajstić information content (AvgIpc) is 2.50. The molecule has 21 heavy (non-hydrogen) atoms. The molecule has 1 fully saturated rings. The molecule has 2 amide bonds. The van der Waals surface area contributed by atoms with Gasteiger partial charge in [0.2, 0.25) is 11.8 Å². The number of piperazine rings is 1. The molecule has 0 saturated carbocycles. The van der Waals surface area contributed by atoms with Crippen molar-refractivity contribution >= 4 is 11.8 Å². The maximum absolute atomic E-state index is 12.6. The highest BCUT2D eigenvalue weighted by molar-refractivity contribution is 5.94. The first-order chi connectivity index (χ1) is 10.1. The Hall–Kier alpha value is -1.91. The lowest BCUT2D eigenvalue weighted by Gasteiger charge is -2.35. The van der Waals surface area contributed by atoms with E-state index >= 15 is 0 Å². The fourth-order valence-electron chi connectivity index (χ4n) is 2.60. The van der Waals surface area contributed by atoms with Crippen molar-refractivity contribution in [2.75, 3.05) is 6.54 Å². The molecule has 5 heteroatoms. The minimum absolute atomic E-state index is 0.00310. The van der Waals surface area contributed by atoms with Crippen LogP contribution in [0.5, 0.6) is 0 Å². The molecule has 5 nitrogen and oxygen atoms in total. The van der Waals surface area contributed by atoms with E-state index < -0.39 is 6.04 Å². The van der Waals surface area contributed by atoms with Crippen molar-refractivity contribution in [2.45, 2.75) is 46.2 Å². The van der Waals surface area contributed by atoms with E-state index in [9.17, 15) is 9.59 Å². The average molecular weight is 289 g/mol. The van der Waals surface area contributed by atoms with Crippen molar-refractivity contribution in [2.24, 2.45) is 5.92 Å². The summed E-state index contributed by atoms with van der Waals surface area (Å²) >= 11 is 0. The van der Waals surface area contributed by atoms with Crippen LogP contribution in [0.25, 0.3) is 0 Å². The second-order valence-electron chi connectivity index (χ2n) is 5.59. The number of nitrogens with zero attached hydrogens (tertiary/aromatic N) is 2. The van der Waals surface area contributed by atoms with Crippen LogP contribution in [0.4, 0.5) is 0 Å². The predicted molar refractivity (Wildman–Crippen MR) is 80.4 cm³/mol. The van der Waals surface area contributed by atoms with Gasteiger partial charge in [-0.2, -0.15) is 0 Å². The van der Waals surface area contributed by atoms with Crippen LogP contribution in [0.3, 0.4) is 0 Å².